The molecule has 5 aromatic rings. The Morgan fingerprint density at radius 2 is 1.45 bits per heavy atom. The van der Waals surface area contributed by atoms with Gasteiger partial charge >= 0.3 is 0 Å². The Morgan fingerprint density at radius 1 is 0.839 bits per heavy atom. The molecule has 31 heavy (non-hydrogen) atoms. The van der Waals surface area contributed by atoms with E-state index in [9.17, 15) is 9.59 Å². The molecule has 5 nitrogen and oxygen atoms in total. The molecule has 5 rings (SSSR count). The van der Waals surface area contributed by atoms with Crippen LogP contribution < -0.4 is 0 Å². The van der Waals surface area contributed by atoms with Crippen LogP contribution in [0.4, 0.5) is 0 Å². The zero-order valence-corrected chi connectivity index (χ0v) is 18.2. The van der Waals surface area contributed by atoms with Gasteiger partial charge in [0.25, 0.3) is 0 Å². The van der Waals surface area contributed by atoms with E-state index in [0.717, 1.165) is 33.4 Å². The van der Waals surface area contributed by atoms with Crippen molar-refractivity contribution in [2.24, 2.45) is 0 Å². The van der Waals surface area contributed by atoms with E-state index in [4.69, 9.17) is 0 Å². The van der Waals surface area contributed by atoms with Crippen molar-refractivity contribution in [2.45, 2.75) is 34.1 Å². The summed E-state index contributed by atoms with van der Waals surface area (Å²) in [7, 11) is 0. The first-order valence-electron chi connectivity index (χ1n) is 10.3. The molecule has 0 saturated carbocycles. The Bertz CT molecular complexity index is 1440. The maximum absolute atomic E-state index is 11.5. The number of hydrogen-bond acceptors (Lipinski definition) is 3. The van der Waals surface area contributed by atoms with Crippen LogP contribution in [0.1, 0.15) is 41.3 Å². The van der Waals surface area contributed by atoms with Crippen LogP contribution in [-0.2, 0) is 11.2 Å². The van der Waals surface area contributed by atoms with Crippen LogP contribution in [-0.4, -0.2) is 26.5 Å². The number of ketones is 2. The predicted molar refractivity (Wildman–Crippen MR) is 126 cm³/mol. The number of Topliss-reactive ketones (excluding diaryl/α,β-unsaturated/α-hetero) is 2. The molecule has 0 radical (unpaired) electrons. The zero-order chi connectivity index (χ0) is 22.1. The molecule has 0 bridgehead atoms. The fourth-order valence-corrected chi connectivity index (χ4v) is 4.09. The van der Waals surface area contributed by atoms with E-state index in [-0.39, 0.29) is 11.6 Å². The van der Waals surface area contributed by atoms with E-state index in [1.165, 1.54) is 30.1 Å². The molecule has 0 spiro atoms. The third kappa shape index (κ3) is 3.99. The van der Waals surface area contributed by atoms with Gasteiger partial charge in [-0.15, -0.1) is 0 Å². The molecule has 0 unspecified atom stereocenters. The average Bonchev–Trinajstić information content (AvgIpc) is 3.28. The third-order valence-electron chi connectivity index (χ3n) is 5.40. The zero-order valence-electron chi connectivity index (χ0n) is 18.2. The molecule has 0 aliphatic rings. The van der Waals surface area contributed by atoms with Gasteiger partial charge in [-0.3, -0.25) is 14.6 Å². The molecule has 2 N–H and O–H groups in total. The van der Waals surface area contributed by atoms with Gasteiger partial charge in [0.05, 0.1) is 16.9 Å². The van der Waals surface area contributed by atoms with Crippen molar-refractivity contribution in [1.82, 2.24) is 15.0 Å². The molecular formula is C26H25N3O2. The lowest BCUT2D eigenvalue weighted by atomic mass is 10.0. The number of fused-ring (bicyclic) bond motifs is 4. The number of nitrogens with zero attached hydrogens (tertiary/aromatic N) is 1. The summed E-state index contributed by atoms with van der Waals surface area (Å²) in [4.78, 5) is 33.6. The van der Waals surface area contributed by atoms with Gasteiger partial charge in [-0.05, 0) is 44.5 Å². The van der Waals surface area contributed by atoms with Crippen molar-refractivity contribution in [3.8, 4) is 0 Å². The van der Waals surface area contributed by atoms with Crippen molar-refractivity contribution in [3.05, 3.63) is 77.2 Å². The highest BCUT2D eigenvalue weighted by Gasteiger charge is 2.15. The molecule has 156 valence electrons. The molecule has 5 heteroatoms. The Kier molecular flexibility index (Phi) is 5.42. The van der Waals surface area contributed by atoms with Gasteiger partial charge in [0.15, 0.2) is 5.78 Å². The second-order valence-corrected chi connectivity index (χ2v) is 7.90. The first-order valence-corrected chi connectivity index (χ1v) is 10.3. The molecular weight excluding hydrogens is 386 g/mol. The quantitative estimate of drug-likeness (QED) is 0.366. The maximum atomic E-state index is 11.5. The minimum atomic E-state index is -0.0348. The van der Waals surface area contributed by atoms with Crippen LogP contribution in [0, 0.1) is 13.8 Å². The van der Waals surface area contributed by atoms with Crippen molar-refractivity contribution in [2.75, 3.05) is 0 Å². The van der Waals surface area contributed by atoms with E-state index >= 15 is 0 Å². The Hall–Kier alpha value is -3.73. The highest BCUT2D eigenvalue weighted by molar-refractivity contribution is 6.08. The molecule has 3 heterocycles. The number of rotatable bonds is 3. The van der Waals surface area contributed by atoms with Gasteiger partial charge in [0.2, 0.25) is 0 Å². The molecule has 0 fully saturated rings. The minimum Gasteiger partial charge on any atom is -0.353 e. The largest absolute Gasteiger partial charge is 0.353 e. The molecule has 0 amide bonds. The van der Waals surface area contributed by atoms with Gasteiger partial charge in [0, 0.05) is 46.2 Å². The molecule has 0 atom stereocenters. The lowest BCUT2D eigenvalue weighted by Crippen LogP contribution is -2.02. The number of aryl methyl sites for hydroxylation is 2. The average molecular weight is 412 g/mol. The third-order valence-corrected chi connectivity index (χ3v) is 5.40. The molecule has 0 aliphatic carbocycles. The van der Waals surface area contributed by atoms with Crippen molar-refractivity contribution in [3.63, 3.8) is 0 Å². The molecule has 2 aromatic carbocycles. The lowest BCUT2D eigenvalue weighted by molar-refractivity contribution is -0.116. The van der Waals surface area contributed by atoms with E-state index in [0.29, 0.717) is 12.1 Å². The smallest absolute Gasteiger partial charge is 0.176 e. The number of benzene rings is 2. The van der Waals surface area contributed by atoms with Crippen LogP contribution in [0.25, 0.3) is 32.7 Å². The van der Waals surface area contributed by atoms with Gasteiger partial charge < -0.3 is 9.97 Å². The number of nitrogens with one attached hydrogen (secondary N) is 2. The SMILES string of the molecule is CC(=O)Cc1c(C(C)=O)[nH]c2ccccc12.Cc1cc2c([nH]c3ccccc32)c(C)n1. The number of H-pyrrole nitrogens is 2. The number of carbonyl (C=O) groups is 2. The summed E-state index contributed by atoms with van der Waals surface area (Å²) < 4.78 is 0. The number of carbonyl (C=O) groups excluding carboxylic acids is 2. The summed E-state index contributed by atoms with van der Waals surface area (Å²) in [5.74, 6) is 0.0275. The predicted octanol–water partition coefficient (Wildman–Crippen LogP) is 5.83. The monoisotopic (exact) mass is 411 g/mol. The van der Waals surface area contributed by atoms with Gasteiger partial charge in [-0.25, -0.2) is 0 Å². The Morgan fingerprint density at radius 3 is 2.10 bits per heavy atom. The molecule has 0 aliphatic heterocycles. The summed E-state index contributed by atoms with van der Waals surface area (Å²) in [6, 6.07) is 18.2. The lowest BCUT2D eigenvalue weighted by Gasteiger charge is -1.98. The highest BCUT2D eigenvalue weighted by atomic mass is 16.1. The second-order valence-electron chi connectivity index (χ2n) is 7.90. The standard InChI is InChI=1S/C13H12N2.C13H13NO2/c1-8-7-11-10-5-3-4-6-12(10)15-13(11)9(2)14-8;1-8(15)7-11-10-5-3-4-6-12(10)14-13(11)9(2)16/h3-7,15H,1-2H3;3-6,14H,7H2,1-2H3. The number of hydrogen-bond donors (Lipinski definition) is 2. The number of pyridine rings is 1. The first-order chi connectivity index (χ1) is 14.8. The minimum absolute atomic E-state index is 0.0348. The maximum Gasteiger partial charge on any atom is 0.176 e. The Labute approximate surface area is 180 Å². The van der Waals surface area contributed by atoms with Gasteiger partial charge in [-0.2, -0.15) is 0 Å². The fourth-order valence-electron chi connectivity index (χ4n) is 4.09. The second kappa shape index (κ2) is 8.19. The van der Waals surface area contributed by atoms with Crippen molar-refractivity contribution in [1.29, 1.82) is 0 Å². The van der Waals surface area contributed by atoms with E-state index in [2.05, 4.69) is 39.2 Å². The first kappa shape index (κ1) is 20.5. The Balaban J connectivity index is 0.000000149. The topological polar surface area (TPSA) is 78.6 Å². The van der Waals surface area contributed by atoms with Crippen molar-refractivity contribution < 1.29 is 9.59 Å². The summed E-state index contributed by atoms with van der Waals surface area (Å²) in [6.07, 6.45) is 0.304. The van der Waals surface area contributed by atoms with Crippen LogP contribution in [0.15, 0.2) is 54.6 Å². The van der Waals surface area contributed by atoms with Crippen LogP contribution in [0.3, 0.4) is 0 Å². The summed E-state index contributed by atoms with van der Waals surface area (Å²) >= 11 is 0. The molecule has 3 aromatic heterocycles. The summed E-state index contributed by atoms with van der Waals surface area (Å²) in [5.41, 5.74) is 6.76. The number of aromatic amines is 2. The van der Waals surface area contributed by atoms with E-state index in [1.807, 2.05) is 44.2 Å². The van der Waals surface area contributed by atoms with Gasteiger partial charge in [-0.1, -0.05) is 36.4 Å². The van der Waals surface area contributed by atoms with E-state index < -0.39 is 0 Å². The normalized spacial score (nSPS) is 11.0. The molecule has 0 saturated heterocycles. The van der Waals surface area contributed by atoms with Crippen LogP contribution >= 0.6 is 0 Å². The number of para-hydroxylation sites is 2. The highest BCUT2D eigenvalue weighted by Crippen LogP contribution is 2.27. The van der Waals surface area contributed by atoms with E-state index in [1.54, 1.807) is 0 Å². The van der Waals surface area contributed by atoms with Crippen LogP contribution in [0.2, 0.25) is 0 Å². The summed E-state index contributed by atoms with van der Waals surface area (Å²) in [5, 5.41) is 3.51. The van der Waals surface area contributed by atoms with Crippen LogP contribution in [0.5, 0.6) is 0 Å². The number of aromatic nitrogens is 3. The summed E-state index contributed by atoms with van der Waals surface area (Å²) in [6.45, 7) is 7.12. The van der Waals surface area contributed by atoms with Crippen molar-refractivity contribution >= 4 is 44.3 Å². The fraction of sp³-hybridized carbons (Fsp3) is 0.192. The van der Waals surface area contributed by atoms with Gasteiger partial charge in [0.1, 0.15) is 5.78 Å².